The highest BCUT2D eigenvalue weighted by Gasteiger charge is 2.12. The molecule has 1 heterocycles. The normalized spacial score (nSPS) is 9.27. The molecule has 0 amide bonds. The summed E-state index contributed by atoms with van der Waals surface area (Å²) in [7, 11) is 1.29. The molecule has 0 aliphatic carbocycles. The summed E-state index contributed by atoms with van der Waals surface area (Å²) >= 11 is 3.19. The zero-order valence-corrected chi connectivity index (χ0v) is 7.41. The van der Waals surface area contributed by atoms with Gasteiger partial charge in [0, 0.05) is 6.07 Å². The first kappa shape index (κ1) is 8.13. The first-order valence-electron chi connectivity index (χ1n) is 2.87. The van der Waals surface area contributed by atoms with Crippen molar-refractivity contribution in [3.63, 3.8) is 0 Å². The van der Waals surface area contributed by atoms with E-state index in [4.69, 9.17) is 0 Å². The van der Waals surface area contributed by atoms with Gasteiger partial charge in [-0.05, 0) is 31.9 Å². The lowest BCUT2D eigenvalue weighted by molar-refractivity contribution is -0.739. The van der Waals surface area contributed by atoms with Crippen molar-refractivity contribution in [2.45, 2.75) is 0 Å². The van der Waals surface area contributed by atoms with Gasteiger partial charge in [-0.2, -0.15) is 0 Å². The fraction of sp³-hybridized carbons (Fsp3) is 0.167. The van der Waals surface area contributed by atoms with Crippen molar-refractivity contribution in [1.29, 1.82) is 0 Å². The number of aromatic nitrogens is 1. The summed E-state index contributed by atoms with van der Waals surface area (Å²) in [5.74, 6) is 0.232. The Labute approximate surface area is 71.9 Å². The molecule has 0 aliphatic rings. The standard InChI is InChI=1S/C6H6BrN2O2/c1-11-9(10)6-3-2-5(7)4-8-6/h2-4H,1H3/q+1. The van der Waals surface area contributed by atoms with Crippen LogP contribution in [0.5, 0.6) is 0 Å². The van der Waals surface area contributed by atoms with Crippen molar-refractivity contribution >= 4 is 21.7 Å². The van der Waals surface area contributed by atoms with Gasteiger partial charge in [0.25, 0.3) is 0 Å². The Morgan fingerprint density at radius 2 is 2.36 bits per heavy atom. The molecule has 0 saturated carbocycles. The Kier molecular flexibility index (Phi) is 2.53. The largest absolute Gasteiger partial charge is 0.408 e. The molecule has 0 spiro atoms. The molecule has 0 radical (unpaired) electrons. The maximum Gasteiger partial charge on any atom is 0.408 e. The average molecular weight is 218 g/mol. The molecule has 5 heteroatoms. The minimum Gasteiger partial charge on any atom is -0.302 e. The van der Waals surface area contributed by atoms with E-state index in [2.05, 4.69) is 25.8 Å². The third-order valence-corrected chi connectivity index (χ3v) is 1.53. The Bertz CT molecular complexity index is 260. The van der Waals surface area contributed by atoms with E-state index in [1.807, 2.05) is 0 Å². The van der Waals surface area contributed by atoms with E-state index in [1.165, 1.54) is 13.3 Å². The second-order valence-electron chi connectivity index (χ2n) is 1.77. The van der Waals surface area contributed by atoms with E-state index >= 15 is 0 Å². The zero-order valence-electron chi connectivity index (χ0n) is 5.82. The topological polar surface area (TPSA) is 42.2 Å². The fourth-order valence-electron chi connectivity index (χ4n) is 0.570. The van der Waals surface area contributed by atoms with E-state index in [0.29, 0.717) is 4.92 Å². The van der Waals surface area contributed by atoms with Crippen LogP contribution >= 0.6 is 15.9 Å². The molecule has 11 heavy (non-hydrogen) atoms. The molecule has 58 valence electrons. The molecule has 0 unspecified atom stereocenters. The first-order valence-corrected chi connectivity index (χ1v) is 3.66. The van der Waals surface area contributed by atoms with Gasteiger partial charge in [0.1, 0.15) is 7.11 Å². The maximum absolute atomic E-state index is 10.7. The van der Waals surface area contributed by atoms with Crippen LogP contribution in [0.25, 0.3) is 0 Å². The maximum atomic E-state index is 10.7. The van der Waals surface area contributed by atoms with Crippen molar-refractivity contribution in [3.8, 4) is 0 Å². The SMILES string of the molecule is CO[N+](=O)c1ccc(Br)cn1. The molecule has 1 rings (SSSR count). The summed E-state index contributed by atoms with van der Waals surface area (Å²) in [5.41, 5.74) is 0. The Morgan fingerprint density at radius 1 is 1.64 bits per heavy atom. The molecule has 0 fully saturated rings. The smallest absolute Gasteiger partial charge is 0.302 e. The summed E-state index contributed by atoms with van der Waals surface area (Å²) in [6.45, 7) is 0. The van der Waals surface area contributed by atoms with E-state index in [0.717, 1.165) is 4.47 Å². The lowest BCUT2D eigenvalue weighted by Gasteiger charge is -1.88. The fourth-order valence-corrected chi connectivity index (χ4v) is 0.804. The first-order chi connectivity index (χ1) is 5.24. The van der Waals surface area contributed by atoms with E-state index in [1.54, 1.807) is 12.1 Å². The van der Waals surface area contributed by atoms with Gasteiger partial charge in [-0.3, -0.25) is 0 Å². The van der Waals surface area contributed by atoms with Crippen LogP contribution in [-0.2, 0) is 4.84 Å². The second-order valence-corrected chi connectivity index (χ2v) is 2.69. The predicted octanol–water partition coefficient (Wildman–Crippen LogP) is 1.82. The number of pyridine rings is 1. The lowest BCUT2D eigenvalue weighted by atomic mass is 10.5. The van der Waals surface area contributed by atoms with Gasteiger partial charge in [-0.25, -0.2) is 0 Å². The van der Waals surface area contributed by atoms with Crippen LogP contribution in [0.2, 0.25) is 0 Å². The van der Waals surface area contributed by atoms with Crippen LogP contribution < -0.4 is 0 Å². The Balaban J connectivity index is 2.90. The van der Waals surface area contributed by atoms with Gasteiger partial charge >= 0.3 is 5.82 Å². The molecule has 0 aliphatic heterocycles. The van der Waals surface area contributed by atoms with Gasteiger partial charge in [0.05, 0.1) is 4.47 Å². The predicted molar refractivity (Wildman–Crippen MR) is 42.2 cm³/mol. The summed E-state index contributed by atoms with van der Waals surface area (Å²) in [6.07, 6.45) is 1.53. The molecule has 0 aromatic carbocycles. The van der Waals surface area contributed by atoms with Gasteiger partial charge in [-0.15, -0.1) is 0 Å². The molecular weight excluding hydrogens is 212 g/mol. The van der Waals surface area contributed by atoms with Crippen LogP contribution in [0.4, 0.5) is 5.82 Å². The van der Waals surface area contributed by atoms with Crippen molar-refractivity contribution in [2.24, 2.45) is 0 Å². The molecule has 1 aromatic rings. The number of hydrogen-bond donors (Lipinski definition) is 0. The number of nitrogens with zero attached hydrogens (tertiary/aromatic N) is 2. The molecule has 0 N–H and O–H groups in total. The van der Waals surface area contributed by atoms with Crippen molar-refractivity contribution in [2.75, 3.05) is 7.11 Å². The monoisotopic (exact) mass is 217 g/mol. The third kappa shape index (κ3) is 1.98. The van der Waals surface area contributed by atoms with Crippen molar-refractivity contribution in [1.82, 2.24) is 4.98 Å². The number of halogens is 1. The number of hydrogen-bond acceptors (Lipinski definition) is 3. The highest BCUT2D eigenvalue weighted by molar-refractivity contribution is 9.10. The molecule has 0 saturated heterocycles. The quantitative estimate of drug-likeness (QED) is 0.711. The van der Waals surface area contributed by atoms with E-state index in [-0.39, 0.29) is 5.82 Å². The van der Waals surface area contributed by atoms with Crippen LogP contribution in [-0.4, -0.2) is 17.0 Å². The van der Waals surface area contributed by atoms with E-state index in [9.17, 15) is 4.91 Å². The van der Waals surface area contributed by atoms with Crippen molar-refractivity contribution in [3.05, 3.63) is 27.7 Å². The second kappa shape index (κ2) is 3.43. The summed E-state index contributed by atoms with van der Waals surface area (Å²) in [6, 6.07) is 3.27. The van der Waals surface area contributed by atoms with Gasteiger partial charge in [0.15, 0.2) is 11.1 Å². The van der Waals surface area contributed by atoms with Crippen molar-refractivity contribution < 1.29 is 9.76 Å². The summed E-state index contributed by atoms with van der Waals surface area (Å²) in [4.78, 5) is 19.2. The minimum absolute atomic E-state index is 0.232. The molecule has 0 atom stereocenters. The van der Waals surface area contributed by atoms with Gasteiger partial charge < -0.3 is 4.84 Å². The Morgan fingerprint density at radius 3 is 2.82 bits per heavy atom. The van der Waals surface area contributed by atoms with Gasteiger partial charge in [-0.1, -0.05) is 0 Å². The van der Waals surface area contributed by atoms with Gasteiger partial charge in [0.2, 0.25) is 0 Å². The molecule has 1 aromatic heterocycles. The molecule has 4 nitrogen and oxygen atoms in total. The highest BCUT2D eigenvalue weighted by atomic mass is 79.9. The molecular formula is C6H6BrN2O2+. The van der Waals surface area contributed by atoms with E-state index < -0.39 is 0 Å². The summed E-state index contributed by atoms with van der Waals surface area (Å²) in [5, 5.41) is 0. The van der Waals surface area contributed by atoms with Crippen LogP contribution in [0.3, 0.4) is 0 Å². The Hall–Kier alpha value is -0.970. The van der Waals surface area contributed by atoms with Crippen LogP contribution in [0.15, 0.2) is 22.8 Å². The third-order valence-electron chi connectivity index (χ3n) is 1.06. The minimum atomic E-state index is 0.232. The van der Waals surface area contributed by atoms with Crippen LogP contribution in [0.1, 0.15) is 0 Å². The van der Waals surface area contributed by atoms with Crippen LogP contribution in [0, 0.1) is 4.91 Å². The highest BCUT2D eigenvalue weighted by Crippen LogP contribution is 2.12. The average Bonchev–Trinajstić information content (AvgIpc) is 2.05. The lowest BCUT2D eigenvalue weighted by Crippen LogP contribution is -1.99. The number of rotatable bonds is 2. The zero-order chi connectivity index (χ0) is 8.27. The summed E-state index contributed by atoms with van der Waals surface area (Å²) < 4.78 is 0.825. The molecule has 0 bridgehead atoms.